The number of likely N-dealkylation sites (N-methyl/N-ethyl adjacent to an activating group) is 1. The first-order valence-corrected chi connectivity index (χ1v) is 9.48. The number of hydrogen-bond acceptors (Lipinski definition) is 8. The molecule has 4 rings (SSSR count). The lowest BCUT2D eigenvalue weighted by Crippen LogP contribution is -2.41. The van der Waals surface area contributed by atoms with Crippen LogP contribution in [0.15, 0.2) is 47.2 Å². The van der Waals surface area contributed by atoms with Crippen LogP contribution in [0.1, 0.15) is 23.1 Å². The van der Waals surface area contributed by atoms with Crippen LogP contribution in [0.5, 0.6) is 0 Å². The average molecular weight is 397 g/mol. The number of ether oxygens (including phenoxy) is 1. The third-order valence-corrected chi connectivity index (χ3v) is 4.93. The molecule has 3 heterocycles. The van der Waals surface area contributed by atoms with E-state index in [9.17, 15) is 4.79 Å². The number of carbonyl (C=O) groups excluding carboxylic acids is 1. The summed E-state index contributed by atoms with van der Waals surface area (Å²) in [7, 11) is 1.72. The third kappa shape index (κ3) is 4.49. The van der Waals surface area contributed by atoms with Crippen molar-refractivity contribution in [3.05, 3.63) is 59.7 Å². The van der Waals surface area contributed by atoms with Gasteiger partial charge in [0.15, 0.2) is 5.82 Å². The van der Waals surface area contributed by atoms with Gasteiger partial charge < -0.3 is 14.2 Å². The van der Waals surface area contributed by atoms with Gasteiger partial charge in [0.2, 0.25) is 5.91 Å². The zero-order valence-corrected chi connectivity index (χ0v) is 16.2. The number of rotatable bonds is 7. The van der Waals surface area contributed by atoms with E-state index in [-0.39, 0.29) is 18.5 Å². The van der Waals surface area contributed by atoms with Crippen LogP contribution < -0.4 is 0 Å². The smallest absolute Gasteiger partial charge is 0.244 e. The fraction of sp³-hybridized carbons (Fsp3) is 0.421. The van der Waals surface area contributed by atoms with Crippen molar-refractivity contribution in [3.8, 4) is 0 Å². The van der Waals surface area contributed by atoms with Gasteiger partial charge in [-0.2, -0.15) is 0 Å². The largest absolute Gasteiger partial charge is 0.379 e. The van der Waals surface area contributed by atoms with Crippen molar-refractivity contribution in [3.63, 3.8) is 0 Å². The van der Waals surface area contributed by atoms with E-state index in [0.717, 1.165) is 18.7 Å². The summed E-state index contributed by atoms with van der Waals surface area (Å²) in [6.07, 6.45) is 1.49. The standard InChI is InChI=1S/C19H23N7O3/c1-24(13-16-7-10-29-21-16)17(27)14-26-19(20-22-23-26)18(15-5-3-2-4-6-15)25-8-11-28-12-9-25/h2-7,10,18H,8-9,11-14H2,1H3/t18-/m1/s1. The van der Waals surface area contributed by atoms with Gasteiger partial charge in [0.1, 0.15) is 18.5 Å². The molecular formula is C19H23N7O3. The van der Waals surface area contributed by atoms with Crippen molar-refractivity contribution in [1.82, 2.24) is 35.2 Å². The molecule has 0 spiro atoms. The van der Waals surface area contributed by atoms with Crippen molar-refractivity contribution < 1.29 is 14.1 Å². The van der Waals surface area contributed by atoms with Gasteiger partial charge in [-0.3, -0.25) is 9.69 Å². The van der Waals surface area contributed by atoms with Crippen LogP contribution in [-0.4, -0.2) is 74.4 Å². The molecule has 0 radical (unpaired) electrons. The Morgan fingerprint density at radius 1 is 1.21 bits per heavy atom. The van der Waals surface area contributed by atoms with Crippen LogP contribution in [0, 0.1) is 0 Å². The summed E-state index contributed by atoms with van der Waals surface area (Å²) >= 11 is 0. The van der Waals surface area contributed by atoms with Gasteiger partial charge in [0, 0.05) is 26.2 Å². The van der Waals surface area contributed by atoms with E-state index in [4.69, 9.17) is 9.26 Å². The zero-order chi connectivity index (χ0) is 20.1. The van der Waals surface area contributed by atoms with E-state index in [0.29, 0.717) is 31.3 Å². The Hall–Kier alpha value is -3.11. The van der Waals surface area contributed by atoms with Crippen LogP contribution in [0.2, 0.25) is 0 Å². The number of hydrogen-bond donors (Lipinski definition) is 0. The third-order valence-electron chi connectivity index (χ3n) is 4.93. The number of benzene rings is 1. The molecule has 29 heavy (non-hydrogen) atoms. The van der Waals surface area contributed by atoms with Crippen molar-refractivity contribution in [1.29, 1.82) is 0 Å². The van der Waals surface area contributed by atoms with Gasteiger partial charge >= 0.3 is 0 Å². The molecule has 1 aromatic carbocycles. The van der Waals surface area contributed by atoms with Gasteiger partial charge in [-0.25, -0.2) is 4.68 Å². The molecule has 10 nitrogen and oxygen atoms in total. The Labute approximate surface area is 168 Å². The van der Waals surface area contributed by atoms with Gasteiger partial charge in [0.25, 0.3) is 0 Å². The van der Waals surface area contributed by atoms with E-state index in [1.165, 1.54) is 6.26 Å². The highest BCUT2D eigenvalue weighted by Crippen LogP contribution is 2.27. The maximum absolute atomic E-state index is 12.7. The molecule has 1 aliphatic rings. The maximum atomic E-state index is 12.7. The minimum absolute atomic E-state index is 0.0460. The molecule has 0 bridgehead atoms. The van der Waals surface area contributed by atoms with Crippen LogP contribution in [0.4, 0.5) is 0 Å². The first-order chi connectivity index (χ1) is 14.2. The normalized spacial score (nSPS) is 15.9. The predicted octanol–water partition coefficient (Wildman–Crippen LogP) is 0.741. The second-order valence-corrected chi connectivity index (χ2v) is 6.90. The monoisotopic (exact) mass is 397 g/mol. The van der Waals surface area contributed by atoms with E-state index < -0.39 is 0 Å². The number of morpholine rings is 1. The molecule has 152 valence electrons. The number of carbonyl (C=O) groups is 1. The minimum Gasteiger partial charge on any atom is -0.379 e. The zero-order valence-electron chi connectivity index (χ0n) is 16.2. The lowest BCUT2D eigenvalue weighted by atomic mass is 10.0. The molecule has 10 heteroatoms. The molecule has 0 saturated carbocycles. The Balaban J connectivity index is 1.55. The summed E-state index contributed by atoms with van der Waals surface area (Å²) in [6, 6.07) is 11.7. The molecule has 1 atom stereocenters. The van der Waals surface area contributed by atoms with Gasteiger partial charge in [0.05, 0.1) is 25.8 Å². The second-order valence-electron chi connectivity index (χ2n) is 6.90. The molecular weight excluding hydrogens is 374 g/mol. The Morgan fingerprint density at radius 3 is 2.72 bits per heavy atom. The van der Waals surface area contributed by atoms with Gasteiger partial charge in [-0.05, 0) is 16.0 Å². The molecule has 2 aromatic heterocycles. The maximum Gasteiger partial charge on any atom is 0.244 e. The lowest BCUT2D eigenvalue weighted by Gasteiger charge is -2.33. The highest BCUT2D eigenvalue weighted by atomic mass is 16.5. The van der Waals surface area contributed by atoms with E-state index >= 15 is 0 Å². The van der Waals surface area contributed by atoms with E-state index in [2.05, 4.69) is 37.7 Å². The van der Waals surface area contributed by atoms with Crippen molar-refractivity contribution in [2.24, 2.45) is 0 Å². The predicted molar refractivity (Wildman–Crippen MR) is 101 cm³/mol. The van der Waals surface area contributed by atoms with Crippen LogP contribution in [0.3, 0.4) is 0 Å². The van der Waals surface area contributed by atoms with Gasteiger partial charge in [-0.1, -0.05) is 35.5 Å². The fourth-order valence-electron chi connectivity index (χ4n) is 3.41. The van der Waals surface area contributed by atoms with Crippen LogP contribution in [-0.2, 0) is 22.6 Å². The Bertz CT molecular complexity index is 907. The molecule has 0 unspecified atom stereocenters. The summed E-state index contributed by atoms with van der Waals surface area (Å²) in [5.74, 6) is 0.525. The first-order valence-electron chi connectivity index (χ1n) is 9.48. The molecule has 1 fully saturated rings. The van der Waals surface area contributed by atoms with Gasteiger partial charge in [-0.15, -0.1) is 5.10 Å². The quantitative estimate of drug-likeness (QED) is 0.575. The molecule has 0 N–H and O–H groups in total. The van der Waals surface area contributed by atoms with Crippen LogP contribution in [0.25, 0.3) is 0 Å². The van der Waals surface area contributed by atoms with Crippen molar-refractivity contribution in [2.75, 3.05) is 33.4 Å². The molecule has 0 aliphatic carbocycles. The molecule has 1 aliphatic heterocycles. The number of aromatic nitrogens is 5. The highest BCUT2D eigenvalue weighted by molar-refractivity contribution is 5.75. The van der Waals surface area contributed by atoms with Crippen LogP contribution >= 0.6 is 0 Å². The summed E-state index contributed by atoms with van der Waals surface area (Å²) in [5.41, 5.74) is 1.77. The first kappa shape index (κ1) is 19.2. The Kier molecular flexibility index (Phi) is 5.92. The number of nitrogens with zero attached hydrogens (tertiary/aromatic N) is 7. The lowest BCUT2D eigenvalue weighted by molar-refractivity contribution is -0.131. The summed E-state index contributed by atoms with van der Waals surface area (Å²) < 4.78 is 11.9. The minimum atomic E-state index is -0.149. The average Bonchev–Trinajstić information content (AvgIpc) is 3.42. The number of tetrazole rings is 1. The van der Waals surface area contributed by atoms with Crippen molar-refractivity contribution >= 4 is 5.91 Å². The number of amides is 1. The molecule has 1 saturated heterocycles. The highest BCUT2D eigenvalue weighted by Gasteiger charge is 2.29. The molecule has 3 aromatic rings. The summed E-state index contributed by atoms with van der Waals surface area (Å²) in [6.45, 7) is 3.26. The SMILES string of the molecule is CN(Cc1ccon1)C(=O)Cn1nnnc1[C@@H](c1ccccc1)N1CCOCC1. The summed E-state index contributed by atoms with van der Waals surface area (Å²) in [5, 5.41) is 16.1. The topological polar surface area (TPSA) is 102 Å². The van der Waals surface area contributed by atoms with Crippen molar-refractivity contribution in [2.45, 2.75) is 19.1 Å². The fourth-order valence-corrected chi connectivity index (χ4v) is 3.41. The van der Waals surface area contributed by atoms with E-state index in [1.54, 1.807) is 22.7 Å². The molecule has 1 amide bonds. The Morgan fingerprint density at radius 2 is 2.00 bits per heavy atom. The van der Waals surface area contributed by atoms with E-state index in [1.807, 2.05) is 18.2 Å². The summed E-state index contributed by atoms with van der Waals surface area (Å²) in [4.78, 5) is 16.6. The second kappa shape index (κ2) is 8.93.